The highest BCUT2D eigenvalue weighted by Crippen LogP contribution is 2.38. The number of ether oxygens (including phenoxy) is 1. The number of sulfonamides is 1. The molecule has 2 aromatic carbocycles. The fourth-order valence-electron chi connectivity index (χ4n) is 4.04. The van der Waals surface area contributed by atoms with E-state index in [9.17, 15) is 34.8 Å². The van der Waals surface area contributed by atoms with Gasteiger partial charge >= 0.3 is 12.4 Å². The van der Waals surface area contributed by atoms with Crippen molar-refractivity contribution in [1.82, 2.24) is 9.84 Å². The maximum Gasteiger partial charge on any atom is 0.416 e. The van der Waals surface area contributed by atoms with Crippen molar-refractivity contribution < 1.29 is 39.5 Å². The minimum absolute atomic E-state index is 0.0430. The Bertz CT molecular complexity index is 1050. The standard InChI is InChI=1S/C22H24F6N2O3S/c1-34(31,32)29-30-9-7-20(8-10-30,17-5-3-2-4-6-17)15-33-14-16-11-18(21(23,24)25)13-19(12-16)22(26,27)28/h2-6,11-13,29H,7-10,14-15H2,1H3. The van der Waals surface area contributed by atoms with E-state index in [4.69, 9.17) is 4.74 Å². The summed E-state index contributed by atoms with van der Waals surface area (Å²) in [7, 11) is -3.45. The van der Waals surface area contributed by atoms with Crippen molar-refractivity contribution in [2.75, 3.05) is 26.0 Å². The molecule has 0 aromatic heterocycles. The second kappa shape index (κ2) is 9.84. The Hall–Kier alpha value is -2.15. The zero-order chi connectivity index (χ0) is 25.2. The van der Waals surface area contributed by atoms with Crippen molar-refractivity contribution in [1.29, 1.82) is 0 Å². The molecule has 5 nitrogen and oxygen atoms in total. The molecule has 1 fully saturated rings. The number of nitrogens with zero attached hydrogens (tertiary/aromatic N) is 1. The first-order valence-corrected chi connectivity index (χ1v) is 12.2. The average molecular weight is 511 g/mol. The minimum Gasteiger partial charge on any atom is -0.376 e. The van der Waals surface area contributed by atoms with Crippen LogP contribution in [0.2, 0.25) is 0 Å². The summed E-state index contributed by atoms with van der Waals surface area (Å²) in [4.78, 5) is 2.42. The lowest BCUT2D eigenvalue weighted by Crippen LogP contribution is -2.51. The van der Waals surface area contributed by atoms with Crippen LogP contribution in [0.15, 0.2) is 48.5 Å². The van der Waals surface area contributed by atoms with Gasteiger partial charge in [0.1, 0.15) is 0 Å². The normalized spacial score (nSPS) is 17.6. The van der Waals surface area contributed by atoms with Gasteiger partial charge in [0.05, 0.1) is 30.6 Å². The first-order chi connectivity index (χ1) is 15.7. The van der Waals surface area contributed by atoms with Crippen LogP contribution in [0.25, 0.3) is 0 Å². The highest BCUT2D eigenvalue weighted by molar-refractivity contribution is 7.88. The van der Waals surface area contributed by atoms with E-state index in [1.165, 1.54) is 0 Å². The maximum absolute atomic E-state index is 13.1. The van der Waals surface area contributed by atoms with E-state index in [0.29, 0.717) is 38.1 Å². The van der Waals surface area contributed by atoms with Gasteiger partial charge in [-0.25, -0.2) is 13.4 Å². The third kappa shape index (κ3) is 6.94. The number of hydrogen-bond donors (Lipinski definition) is 1. The van der Waals surface area contributed by atoms with E-state index < -0.39 is 45.5 Å². The van der Waals surface area contributed by atoms with Gasteiger partial charge in [-0.3, -0.25) is 0 Å². The smallest absolute Gasteiger partial charge is 0.376 e. The van der Waals surface area contributed by atoms with Crippen LogP contribution in [0.3, 0.4) is 0 Å². The lowest BCUT2D eigenvalue weighted by molar-refractivity contribution is -0.143. The molecule has 12 heteroatoms. The van der Waals surface area contributed by atoms with Crippen molar-refractivity contribution in [2.24, 2.45) is 0 Å². The highest BCUT2D eigenvalue weighted by atomic mass is 32.2. The summed E-state index contributed by atoms with van der Waals surface area (Å²) >= 11 is 0. The van der Waals surface area contributed by atoms with Gasteiger partial charge in [-0.2, -0.15) is 26.3 Å². The monoisotopic (exact) mass is 510 g/mol. The molecule has 1 aliphatic rings. The SMILES string of the molecule is CS(=O)(=O)NN1CCC(COCc2cc(C(F)(F)F)cc(C(F)(F)F)c2)(c2ccccc2)CC1. The molecule has 0 atom stereocenters. The fourth-order valence-corrected chi connectivity index (χ4v) is 4.69. The maximum atomic E-state index is 13.1. The number of hydrogen-bond acceptors (Lipinski definition) is 4. The molecule has 2 aromatic rings. The van der Waals surface area contributed by atoms with E-state index >= 15 is 0 Å². The average Bonchev–Trinajstić information content (AvgIpc) is 2.73. The van der Waals surface area contributed by atoms with Crippen molar-refractivity contribution in [3.63, 3.8) is 0 Å². The Morgan fingerprint density at radius 2 is 1.47 bits per heavy atom. The Morgan fingerprint density at radius 1 is 0.941 bits per heavy atom. The number of nitrogens with one attached hydrogen (secondary N) is 1. The largest absolute Gasteiger partial charge is 0.416 e. The molecule has 1 heterocycles. The Morgan fingerprint density at radius 3 is 1.94 bits per heavy atom. The lowest BCUT2D eigenvalue weighted by Gasteiger charge is -2.41. The summed E-state index contributed by atoms with van der Waals surface area (Å²) < 4.78 is 107. The quantitative estimate of drug-likeness (QED) is 0.547. The molecule has 0 bridgehead atoms. The van der Waals surface area contributed by atoms with Crippen molar-refractivity contribution >= 4 is 10.0 Å². The topological polar surface area (TPSA) is 58.6 Å². The van der Waals surface area contributed by atoms with Crippen LogP contribution >= 0.6 is 0 Å². The highest BCUT2D eigenvalue weighted by Gasteiger charge is 2.38. The summed E-state index contributed by atoms with van der Waals surface area (Å²) in [6.07, 6.45) is -7.88. The second-order valence-corrected chi connectivity index (χ2v) is 10.1. The zero-order valence-electron chi connectivity index (χ0n) is 18.2. The van der Waals surface area contributed by atoms with Gasteiger partial charge in [0.15, 0.2) is 0 Å². The first kappa shape index (κ1) is 26.5. The molecule has 0 spiro atoms. The molecule has 1 N–H and O–H groups in total. The molecule has 0 saturated carbocycles. The van der Waals surface area contributed by atoms with Gasteiger partial charge < -0.3 is 4.74 Å². The van der Waals surface area contributed by atoms with Gasteiger partial charge in [-0.05, 0) is 42.2 Å². The Balaban J connectivity index is 1.78. The lowest BCUT2D eigenvalue weighted by atomic mass is 9.73. The molecule has 0 aliphatic carbocycles. The summed E-state index contributed by atoms with van der Waals surface area (Å²) in [5.74, 6) is 0. The van der Waals surface area contributed by atoms with Crippen LogP contribution in [0.5, 0.6) is 0 Å². The molecular formula is C22H24F6N2O3S. The molecule has 0 amide bonds. The van der Waals surface area contributed by atoms with E-state index in [1.54, 1.807) is 5.01 Å². The van der Waals surface area contributed by atoms with Gasteiger partial charge in [0, 0.05) is 18.5 Å². The third-order valence-corrected chi connectivity index (χ3v) is 6.29. The third-order valence-electron chi connectivity index (χ3n) is 5.70. The Kier molecular flexibility index (Phi) is 7.66. The fraction of sp³-hybridized carbons (Fsp3) is 0.455. The van der Waals surface area contributed by atoms with Crippen LogP contribution in [0.4, 0.5) is 26.3 Å². The number of piperidine rings is 1. The summed E-state index contributed by atoms with van der Waals surface area (Å²) in [6, 6.07) is 10.6. The van der Waals surface area contributed by atoms with Crippen molar-refractivity contribution in [3.8, 4) is 0 Å². The van der Waals surface area contributed by atoms with Gasteiger partial charge in [-0.15, -0.1) is 4.83 Å². The van der Waals surface area contributed by atoms with Gasteiger partial charge in [-0.1, -0.05) is 30.3 Å². The van der Waals surface area contributed by atoms with Gasteiger partial charge in [0.25, 0.3) is 0 Å². The van der Waals surface area contributed by atoms with E-state index in [0.717, 1.165) is 11.8 Å². The summed E-state index contributed by atoms with van der Waals surface area (Å²) in [6.45, 7) is 0.314. The van der Waals surface area contributed by atoms with Crippen LogP contribution in [0, 0.1) is 0 Å². The molecular weight excluding hydrogens is 486 g/mol. The van der Waals surface area contributed by atoms with E-state index in [2.05, 4.69) is 4.83 Å². The number of benzene rings is 2. The van der Waals surface area contributed by atoms with Crippen LogP contribution in [-0.2, 0) is 39.1 Å². The summed E-state index contributed by atoms with van der Waals surface area (Å²) in [5.41, 5.74) is -2.70. The predicted octanol–water partition coefficient (Wildman–Crippen LogP) is 4.74. The van der Waals surface area contributed by atoms with Crippen molar-refractivity contribution in [2.45, 2.75) is 37.2 Å². The molecule has 1 aliphatic heterocycles. The van der Waals surface area contributed by atoms with Crippen molar-refractivity contribution in [3.05, 3.63) is 70.8 Å². The molecule has 188 valence electrons. The van der Waals surface area contributed by atoms with Crippen LogP contribution in [0.1, 0.15) is 35.1 Å². The van der Waals surface area contributed by atoms with Gasteiger partial charge in [0.2, 0.25) is 10.0 Å². The Labute approximate surface area is 193 Å². The molecule has 34 heavy (non-hydrogen) atoms. The number of rotatable bonds is 7. The second-order valence-electron chi connectivity index (χ2n) is 8.40. The van der Waals surface area contributed by atoms with E-state index in [-0.39, 0.29) is 18.2 Å². The van der Waals surface area contributed by atoms with E-state index in [1.807, 2.05) is 30.3 Å². The number of alkyl halides is 6. The first-order valence-electron chi connectivity index (χ1n) is 10.3. The molecule has 0 unspecified atom stereocenters. The molecule has 3 rings (SSSR count). The number of hydrazine groups is 1. The predicted molar refractivity (Wildman–Crippen MR) is 113 cm³/mol. The molecule has 1 saturated heterocycles. The zero-order valence-corrected chi connectivity index (χ0v) is 19.0. The molecule has 0 radical (unpaired) electrons. The summed E-state index contributed by atoms with van der Waals surface area (Å²) in [5, 5.41) is 1.55. The van der Waals surface area contributed by atoms with Crippen LogP contribution in [-0.4, -0.2) is 39.4 Å². The van der Waals surface area contributed by atoms with Crippen LogP contribution < -0.4 is 4.83 Å². The number of halogens is 6. The minimum atomic E-state index is -4.93.